The average Bonchev–Trinajstić information content (AvgIpc) is 3.09. The Bertz CT molecular complexity index is 848. The van der Waals surface area contributed by atoms with Gasteiger partial charge >= 0.3 is 0 Å². The molecule has 1 aliphatic carbocycles. The first kappa shape index (κ1) is 15.0. The van der Waals surface area contributed by atoms with Crippen molar-refractivity contribution in [2.24, 2.45) is 5.92 Å². The molecule has 0 N–H and O–H groups in total. The van der Waals surface area contributed by atoms with Crippen molar-refractivity contribution in [3.05, 3.63) is 77.8 Å². The van der Waals surface area contributed by atoms with Gasteiger partial charge in [0.15, 0.2) is 0 Å². The molecule has 2 aliphatic rings. The maximum Gasteiger partial charge on any atom is 0.117 e. The van der Waals surface area contributed by atoms with Gasteiger partial charge < -0.3 is 8.98 Å². The molecule has 0 amide bonds. The lowest BCUT2D eigenvalue weighted by atomic mass is 9.88. The Morgan fingerprint density at radius 1 is 1.16 bits per heavy atom. The third-order valence-electron chi connectivity index (χ3n) is 5.46. The molecular weight excluding hydrogens is 310 g/mol. The minimum atomic E-state index is 0.339. The van der Waals surface area contributed by atoms with Crippen LogP contribution in [0.5, 0.6) is 0 Å². The highest BCUT2D eigenvalue weighted by Crippen LogP contribution is 2.36. The molecule has 25 heavy (non-hydrogen) atoms. The molecule has 1 saturated carbocycles. The van der Waals surface area contributed by atoms with E-state index in [1.54, 1.807) is 6.26 Å². The molecule has 1 aromatic carbocycles. The van der Waals surface area contributed by atoms with Gasteiger partial charge in [-0.2, -0.15) is 0 Å². The number of rotatable bonds is 5. The molecule has 3 heterocycles. The lowest BCUT2D eigenvalue weighted by molar-refractivity contribution is 0.227. The van der Waals surface area contributed by atoms with Gasteiger partial charge in [-0.3, -0.25) is 4.90 Å². The fourth-order valence-corrected chi connectivity index (χ4v) is 4.03. The van der Waals surface area contributed by atoms with Gasteiger partial charge in [-0.15, -0.1) is 0 Å². The van der Waals surface area contributed by atoms with E-state index in [0.717, 1.165) is 32.1 Å². The lowest BCUT2D eigenvalue weighted by Crippen LogP contribution is -2.34. The van der Waals surface area contributed by atoms with E-state index in [2.05, 4.69) is 46.0 Å². The van der Waals surface area contributed by atoms with Crippen molar-refractivity contribution < 1.29 is 4.42 Å². The zero-order valence-corrected chi connectivity index (χ0v) is 14.3. The van der Waals surface area contributed by atoms with Crippen molar-refractivity contribution in [1.82, 2.24) is 14.5 Å². The monoisotopic (exact) mass is 333 g/mol. The second-order valence-electron chi connectivity index (χ2n) is 7.43. The topological polar surface area (TPSA) is 34.2 Å². The number of nitrogens with zero attached hydrogens (tertiary/aromatic N) is 3. The predicted molar refractivity (Wildman–Crippen MR) is 96.1 cm³/mol. The van der Waals surface area contributed by atoms with Crippen molar-refractivity contribution in [1.29, 1.82) is 0 Å². The first-order chi connectivity index (χ1) is 12.4. The van der Waals surface area contributed by atoms with Crippen LogP contribution in [0.1, 0.15) is 41.3 Å². The van der Waals surface area contributed by atoms with Gasteiger partial charge in [0.2, 0.25) is 0 Å². The summed E-state index contributed by atoms with van der Waals surface area (Å²) in [6.45, 7) is 4.03. The van der Waals surface area contributed by atoms with Crippen molar-refractivity contribution in [3.8, 4) is 0 Å². The Kier molecular flexibility index (Phi) is 3.71. The summed E-state index contributed by atoms with van der Waals surface area (Å²) in [6.07, 6.45) is 10.5. The zero-order valence-electron chi connectivity index (χ0n) is 14.3. The molecular formula is C21H23N3O. The van der Waals surface area contributed by atoms with E-state index >= 15 is 0 Å². The van der Waals surface area contributed by atoms with Crippen molar-refractivity contribution in [3.63, 3.8) is 0 Å². The molecule has 3 aromatic rings. The van der Waals surface area contributed by atoms with Crippen LogP contribution >= 0.6 is 0 Å². The minimum absolute atomic E-state index is 0.339. The summed E-state index contributed by atoms with van der Waals surface area (Å²) in [5.74, 6) is 2.41. The van der Waals surface area contributed by atoms with Crippen LogP contribution in [0.3, 0.4) is 0 Å². The third-order valence-corrected chi connectivity index (χ3v) is 5.46. The molecule has 0 unspecified atom stereocenters. The zero-order chi connectivity index (χ0) is 16.6. The van der Waals surface area contributed by atoms with Crippen molar-refractivity contribution in [2.75, 3.05) is 6.54 Å². The van der Waals surface area contributed by atoms with Gasteiger partial charge in [0.25, 0.3) is 0 Å². The highest BCUT2D eigenvalue weighted by Gasteiger charge is 2.30. The summed E-state index contributed by atoms with van der Waals surface area (Å²) in [6, 6.07) is 10.9. The Morgan fingerprint density at radius 2 is 2.08 bits per heavy atom. The Labute approximate surface area is 148 Å². The standard InChI is InChI=1S/C21H23N3O/c1-2-4-19-18(3-1)13-23(11-17-7-10-25-15-17)14-20(19)21-22-8-9-24(21)12-16-5-6-16/h1-4,7-10,15-16,20H,5-6,11-14H2/t20-/m0/s1. The van der Waals surface area contributed by atoms with E-state index in [0.29, 0.717) is 5.92 Å². The third kappa shape index (κ3) is 3.02. The van der Waals surface area contributed by atoms with Gasteiger partial charge in [-0.25, -0.2) is 4.98 Å². The Balaban J connectivity index is 1.47. The van der Waals surface area contributed by atoms with Gasteiger partial charge in [-0.05, 0) is 36.0 Å². The Morgan fingerprint density at radius 3 is 2.92 bits per heavy atom. The van der Waals surface area contributed by atoms with Gasteiger partial charge in [-0.1, -0.05) is 24.3 Å². The highest BCUT2D eigenvalue weighted by atomic mass is 16.3. The van der Waals surface area contributed by atoms with E-state index in [9.17, 15) is 0 Å². The SMILES string of the molecule is c1ccc2c(c1)CN(Cc1ccoc1)C[C@@H]2c1nccn1CC1CC1. The molecule has 2 aromatic heterocycles. The van der Waals surface area contributed by atoms with E-state index in [4.69, 9.17) is 9.40 Å². The van der Waals surface area contributed by atoms with Gasteiger partial charge in [0.1, 0.15) is 5.82 Å². The molecule has 4 nitrogen and oxygen atoms in total. The molecule has 0 spiro atoms. The van der Waals surface area contributed by atoms with E-state index in [1.165, 1.54) is 35.4 Å². The van der Waals surface area contributed by atoms with Crippen LogP contribution < -0.4 is 0 Å². The summed E-state index contributed by atoms with van der Waals surface area (Å²) < 4.78 is 7.64. The molecule has 128 valence electrons. The summed E-state index contributed by atoms with van der Waals surface area (Å²) in [7, 11) is 0. The number of hydrogen-bond donors (Lipinski definition) is 0. The predicted octanol–water partition coefficient (Wildman–Crippen LogP) is 4.03. The van der Waals surface area contributed by atoms with E-state index < -0.39 is 0 Å². The number of aromatic nitrogens is 2. The van der Waals surface area contributed by atoms with Crippen LogP contribution in [0.2, 0.25) is 0 Å². The van der Waals surface area contributed by atoms with Crippen LogP contribution in [0.15, 0.2) is 59.7 Å². The van der Waals surface area contributed by atoms with Crippen LogP contribution in [0.4, 0.5) is 0 Å². The number of benzene rings is 1. The van der Waals surface area contributed by atoms with Gasteiger partial charge in [0, 0.05) is 44.1 Å². The summed E-state index contributed by atoms with van der Waals surface area (Å²) >= 11 is 0. The molecule has 0 radical (unpaired) electrons. The van der Waals surface area contributed by atoms with Gasteiger partial charge in [0.05, 0.1) is 18.4 Å². The molecule has 1 atom stereocenters. The number of furan rings is 1. The fraction of sp³-hybridized carbons (Fsp3) is 0.381. The summed E-state index contributed by atoms with van der Waals surface area (Å²) in [4.78, 5) is 7.28. The summed E-state index contributed by atoms with van der Waals surface area (Å²) in [5.41, 5.74) is 4.09. The lowest BCUT2D eigenvalue weighted by Gasteiger charge is -2.34. The molecule has 1 fully saturated rings. The van der Waals surface area contributed by atoms with E-state index in [-0.39, 0.29) is 0 Å². The second kappa shape index (κ2) is 6.19. The van der Waals surface area contributed by atoms with Crippen LogP contribution in [-0.2, 0) is 19.6 Å². The first-order valence-corrected chi connectivity index (χ1v) is 9.19. The van der Waals surface area contributed by atoms with E-state index in [1.807, 2.05) is 12.5 Å². The maximum absolute atomic E-state index is 5.25. The Hall–Kier alpha value is -2.33. The van der Waals surface area contributed by atoms with Crippen molar-refractivity contribution >= 4 is 0 Å². The van der Waals surface area contributed by atoms with Crippen LogP contribution in [-0.4, -0.2) is 21.0 Å². The molecule has 4 heteroatoms. The quantitative estimate of drug-likeness (QED) is 0.707. The smallest absolute Gasteiger partial charge is 0.117 e. The summed E-state index contributed by atoms with van der Waals surface area (Å²) in [5, 5.41) is 0. The molecule has 0 bridgehead atoms. The largest absolute Gasteiger partial charge is 0.472 e. The molecule has 0 saturated heterocycles. The van der Waals surface area contributed by atoms with Crippen molar-refractivity contribution in [2.45, 2.75) is 38.4 Å². The maximum atomic E-state index is 5.25. The van der Waals surface area contributed by atoms with Crippen LogP contribution in [0.25, 0.3) is 0 Å². The molecule has 1 aliphatic heterocycles. The van der Waals surface area contributed by atoms with Crippen LogP contribution in [0, 0.1) is 5.92 Å². The molecule has 5 rings (SSSR count). The second-order valence-corrected chi connectivity index (χ2v) is 7.43. The normalized spacial score (nSPS) is 20.6. The minimum Gasteiger partial charge on any atom is -0.472 e. The first-order valence-electron chi connectivity index (χ1n) is 9.19. The fourth-order valence-electron chi connectivity index (χ4n) is 4.03. The number of fused-ring (bicyclic) bond motifs is 1. The average molecular weight is 333 g/mol. The number of hydrogen-bond acceptors (Lipinski definition) is 3. The number of imidazole rings is 1. The highest BCUT2D eigenvalue weighted by molar-refractivity contribution is 5.37.